The maximum atomic E-state index is 12.1. The van der Waals surface area contributed by atoms with Gasteiger partial charge in [-0.1, -0.05) is 53.3 Å². The Labute approximate surface area is 124 Å². The van der Waals surface area contributed by atoms with E-state index < -0.39 is 0 Å². The molecule has 1 aliphatic rings. The van der Waals surface area contributed by atoms with Gasteiger partial charge in [0.15, 0.2) is 0 Å². The fraction of sp³-hybridized carbons (Fsp3) is 0.0667. The molecule has 1 aliphatic heterocycles. The van der Waals surface area contributed by atoms with Crippen LogP contribution in [-0.4, -0.2) is 16.1 Å². The SMILES string of the molecule is O=C1c2ccccc2C(=O)N1SSCc1ccccc1. The lowest BCUT2D eigenvalue weighted by molar-refractivity contribution is 0.0779. The lowest BCUT2D eigenvalue weighted by Crippen LogP contribution is -2.20. The van der Waals surface area contributed by atoms with E-state index in [-0.39, 0.29) is 11.8 Å². The van der Waals surface area contributed by atoms with Gasteiger partial charge in [-0.05, 0) is 17.7 Å². The molecule has 5 heteroatoms. The lowest BCUT2D eigenvalue weighted by Gasteiger charge is -2.10. The maximum Gasteiger partial charge on any atom is 0.272 e. The molecule has 2 aromatic rings. The molecule has 0 N–H and O–H groups in total. The highest BCUT2D eigenvalue weighted by Gasteiger charge is 2.35. The number of imide groups is 1. The molecule has 0 spiro atoms. The Bertz CT molecular complexity index is 623. The van der Waals surface area contributed by atoms with Crippen molar-refractivity contribution in [3.8, 4) is 0 Å². The molecule has 100 valence electrons. The molecule has 2 amide bonds. The average molecular weight is 301 g/mol. The van der Waals surface area contributed by atoms with Gasteiger partial charge in [0, 0.05) is 16.7 Å². The van der Waals surface area contributed by atoms with E-state index in [1.54, 1.807) is 24.3 Å². The third kappa shape index (κ3) is 2.46. The molecular formula is C15H11NO2S2. The number of hydrogen-bond acceptors (Lipinski definition) is 4. The first-order valence-corrected chi connectivity index (χ1v) is 8.36. The van der Waals surface area contributed by atoms with E-state index in [1.807, 2.05) is 30.3 Å². The van der Waals surface area contributed by atoms with Crippen molar-refractivity contribution >= 4 is 33.6 Å². The molecule has 0 aromatic heterocycles. The van der Waals surface area contributed by atoms with Crippen molar-refractivity contribution in [3.05, 3.63) is 71.3 Å². The molecule has 2 aromatic carbocycles. The van der Waals surface area contributed by atoms with Crippen molar-refractivity contribution in [1.29, 1.82) is 0 Å². The molecule has 0 fully saturated rings. The van der Waals surface area contributed by atoms with Crippen LogP contribution >= 0.6 is 21.8 Å². The molecule has 0 unspecified atom stereocenters. The van der Waals surface area contributed by atoms with Gasteiger partial charge < -0.3 is 0 Å². The number of carbonyl (C=O) groups excluding carboxylic acids is 2. The Morgan fingerprint density at radius 1 is 0.800 bits per heavy atom. The van der Waals surface area contributed by atoms with Crippen LogP contribution < -0.4 is 0 Å². The second-order valence-electron chi connectivity index (χ2n) is 4.27. The van der Waals surface area contributed by atoms with Crippen molar-refractivity contribution in [1.82, 2.24) is 4.31 Å². The zero-order valence-corrected chi connectivity index (χ0v) is 12.1. The summed E-state index contributed by atoms with van der Waals surface area (Å²) in [7, 11) is 2.69. The predicted molar refractivity (Wildman–Crippen MR) is 82.3 cm³/mol. The lowest BCUT2D eigenvalue weighted by atomic mass is 10.1. The second-order valence-corrected chi connectivity index (χ2v) is 6.47. The van der Waals surface area contributed by atoms with Gasteiger partial charge in [-0.25, -0.2) is 4.31 Å². The summed E-state index contributed by atoms with van der Waals surface area (Å²) in [6.45, 7) is 0. The quantitative estimate of drug-likeness (QED) is 0.489. The molecule has 0 aliphatic carbocycles. The Morgan fingerprint density at radius 3 is 1.95 bits per heavy atom. The van der Waals surface area contributed by atoms with Gasteiger partial charge in [0.1, 0.15) is 0 Å². The minimum absolute atomic E-state index is 0.226. The molecule has 0 bridgehead atoms. The van der Waals surface area contributed by atoms with Gasteiger partial charge in [-0.3, -0.25) is 9.59 Å². The molecule has 20 heavy (non-hydrogen) atoms. The summed E-state index contributed by atoms with van der Waals surface area (Å²) in [5.74, 6) is 0.297. The summed E-state index contributed by atoms with van der Waals surface area (Å²) in [6.07, 6.45) is 0. The minimum Gasteiger partial charge on any atom is -0.268 e. The molecule has 3 rings (SSSR count). The van der Waals surface area contributed by atoms with Crippen LogP contribution in [0.2, 0.25) is 0 Å². The summed E-state index contributed by atoms with van der Waals surface area (Å²) >= 11 is 0. The van der Waals surface area contributed by atoms with E-state index >= 15 is 0 Å². The topological polar surface area (TPSA) is 37.4 Å². The molecule has 0 saturated heterocycles. The first-order chi connectivity index (χ1) is 9.77. The highest BCUT2D eigenvalue weighted by Crippen LogP contribution is 2.36. The van der Waals surface area contributed by atoms with Gasteiger partial charge in [-0.2, -0.15) is 0 Å². The second kappa shape index (κ2) is 5.73. The Balaban J connectivity index is 1.65. The Kier molecular flexibility index (Phi) is 3.80. The molecular weight excluding hydrogens is 290 g/mol. The number of carbonyl (C=O) groups is 2. The largest absolute Gasteiger partial charge is 0.272 e. The van der Waals surface area contributed by atoms with E-state index in [1.165, 1.54) is 31.6 Å². The predicted octanol–water partition coefficient (Wildman–Crippen LogP) is 3.78. The van der Waals surface area contributed by atoms with Crippen molar-refractivity contribution < 1.29 is 9.59 Å². The smallest absolute Gasteiger partial charge is 0.268 e. The average Bonchev–Trinajstić information content (AvgIpc) is 2.74. The number of benzene rings is 2. The van der Waals surface area contributed by atoms with E-state index in [0.717, 1.165) is 5.75 Å². The fourth-order valence-corrected chi connectivity index (χ4v) is 4.06. The molecule has 3 nitrogen and oxygen atoms in total. The van der Waals surface area contributed by atoms with Crippen molar-refractivity contribution in [3.63, 3.8) is 0 Å². The highest BCUT2D eigenvalue weighted by atomic mass is 33.1. The van der Waals surface area contributed by atoms with Crippen molar-refractivity contribution in [2.45, 2.75) is 5.75 Å². The van der Waals surface area contributed by atoms with Crippen LogP contribution in [0.15, 0.2) is 54.6 Å². The zero-order valence-electron chi connectivity index (χ0n) is 10.5. The van der Waals surface area contributed by atoms with Gasteiger partial charge in [0.05, 0.1) is 11.1 Å². The van der Waals surface area contributed by atoms with Gasteiger partial charge >= 0.3 is 0 Å². The van der Waals surface area contributed by atoms with Crippen LogP contribution in [0.1, 0.15) is 26.3 Å². The summed E-state index contributed by atoms with van der Waals surface area (Å²) in [4.78, 5) is 24.2. The van der Waals surface area contributed by atoms with Gasteiger partial charge in [-0.15, -0.1) is 0 Å². The van der Waals surface area contributed by atoms with Crippen molar-refractivity contribution in [2.75, 3.05) is 0 Å². The number of rotatable bonds is 4. The van der Waals surface area contributed by atoms with E-state index in [2.05, 4.69) is 0 Å². The standard InChI is InChI=1S/C15H11NO2S2/c17-14-12-8-4-5-9-13(12)15(18)16(14)20-19-10-11-6-2-1-3-7-11/h1-9H,10H2. The van der Waals surface area contributed by atoms with Gasteiger partial charge in [0.25, 0.3) is 11.8 Å². The number of fused-ring (bicyclic) bond motifs is 1. The summed E-state index contributed by atoms with van der Waals surface area (Å²) in [6, 6.07) is 16.9. The van der Waals surface area contributed by atoms with Crippen LogP contribution in [0, 0.1) is 0 Å². The van der Waals surface area contributed by atoms with Crippen molar-refractivity contribution in [2.24, 2.45) is 0 Å². The summed E-state index contributed by atoms with van der Waals surface area (Å²) in [5, 5.41) is 0. The number of hydrogen-bond donors (Lipinski definition) is 0. The highest BCUT2D eigenvalue weighted by molar-refractivity contribution is 8.75. The Morgan fingerprint density at radius 2 is 1.35 bits per heavy atom. The normalized spacial score (nSPS) is 13.7. The maximum absolute atomic E-state index is 12.1. The van der Waals surface area contributed by atoms with Crippen LogP contribution in [0.3, 0.4) is 0 Å². The van der Waals surface area contributed by atoms with Gasteiger partial charge in [0.2, 0.25) is 0 Å². The number of nitrogens with zero attached hydrogens (tertiary/aromatic N) is 1. The molecule has 0 atom stereocenters. The first kappa shape index (κ1) is 13.3. The minimum atomic E-state index is -0.226. The molecule has 0 saturated carbocycles. The van der Waals surface area contributed by atoms with Crippen LogP contribution in [0.5, 0.6) is 0 Å². The molecule has 1 heterocycles. The molecule has 0 radical (unpaired) electrons. The van der Waals surface area contributed by atoms with E-state index in [4.69, 9.17) is 0 Å². The summed E-state index contributed by atoms with van der Waals surface area (Å²) < 4.78 is 1.23. The van der Waals surface area contributed by atoms with E-state index in [9.17, 15) is 9.59 Å². The first-order valence-electron chi connectivity index (χ1n) is 6.08. The zero-order chi connectivity index (χ0) is 13.9. The summed E-state index contributed by atoms with van der Waals surface area (Å²) in [5.41, 5.74) is 2.15. The van der Waals surface area contributed by atoms with Crippen LogP contribution in [0.4, 0.5) is 0 Å². The Hall–Kier alpha value is -1.72. The third-order valence-corrected chi connectivity index (χ3v) is 5.11. The van der Waals surface area contributed by atoms with Crippen LogP contribution in [0.25, 0.3) is 0 Å². The third-order valence-electron chi connectivity index (χ3n) is 2.95. The number of amides is 2. The monoisotopic (exact) mass is 301 g/mol. The van der Waals surface area contributed by atoms with E-state index in [0.29, 0.717) is 11.1 Å². The van der Waals surface area contributed by atoms with Crippen LogP contribution in [-0.2, 0) is 5.75 Å². The fourth-order valence-electron chi connectivity index (χ4n) is 1.96.